The van der Waals surface area contributed by atoms with Crippen LogP contribution in [0.3, 0.4) is 0 Å². The van der Waals surface area contributed by atoms with Crippen LogP contribution in [0.2, 0.25) is 0 Å². The van der Waals surface area contributed by atoms with Gasteiger partial charge in [-0.1, -0.05) is 0 Å². The molecule has 0 saturated heterocycles. The number of aromatic nitrogens is 2. The maximum Gasteiger partial charge on any atom is 0.0950 e. The SMILES string of the molecule is NCCC1CCc2cncn21. The summed E-state index contributed by atoms with van der Waals surface area (Å²) in [4.78, 5) is 4.10. The summed E-state index contributed by atoms with van der Waals surface area (Å²) in [6.45, 7) is 0.780. The molecule has 2 rings (SSSR count). The third-order valence-electron chi connectivity index (χ3n) is 2.37. The zero-order chi connectivity index (χ0) is 7.68. The van der Waals surface area contributed by atoms with Crippen LogP contribution >= 0.6 is 0 Å². The van der Waals surface area contributed by atoms with Crippen molar-refractivity contribution in [1.82, 2.24) is 9.55 Å². The summed E-state index contributed by atoms with van der Waals surface area (Å²) in [5.74, 6) is 0. The van der Waals surface area contributed by atoms with Crippen LogP contribution in [-0.4, -0.2) is 16.1 Å². The van der Waals surface area contributed by atoms with Crippen molar-refractivity contribution in [3.8, 4) is 0 Å². The Kier molecular flexibility index (Phi) is 1.66. The van der Waals surface area contributed by atoms with Crippen molar-refractivity contribution in [3.63, 3.8) is 0 Å². The molecule has 60 valence electrons. The van der Waals surface area contributed by atoms with Crippen LogP contribution in [-0.2, 0) is 6.42 Å². The van der Waals surface area contributed by atoms with E-state index in [-0.39, 0.29) is 0 Å². The minimum absolute atomic E-state index is 0.623. The van der Waals surface area contributed by atoms with E-state index in [2.05, 4.69) is 9.55 Å². The standard InChI is InChI=1S/C8H13N3/c9-4-3-7-1-2-8-5-10-6-11(7)8/h5-7H,1-4,9H2. The molecule has 1 aliphatic heterocycles. The largest absolute Gasteiger partial charge is 0.331 e. The average Bonchev–Trinajstić information content (AvgIpc) is 2.53. The summed E-state index contributed by atoms with van der Waals surface area (Å²) in [5.41, 5.74) is 6.86. The molecule has 0 aliphatic carbocycles. The van der Waals surface area contributed by atoms with Gasteiger partial charge in [0.15, 0.2) is 0 Å². The molecule has 2 N–H and O–H groups in total. The normalized spacial score (nSPS) is 22.1. The van der Waals surface area contributed by atoms with Gasteiger partial charge in [0.1, 0.15) is 0 Å². The van der Waals surface area contributed by atoms with Gasteiger partial charge in [-0.25, -0.2) is 4.98 Å². The van der Waals surface area contributed by atoms with Gasteiger partial charge >= 0.3 is 0 Å². The fourth-order valence-electron chi connectivity index (χ4n) is 1.78. The minimum Gasteiger partial charge on any atom is -0.331 e. The summed E-state index contributed by atoms with van der Waals surface area (Å²) >= 11 is 0. The van der Waals surface area contributed by atoms with Crippen molar-refractivity contribution >= 4 is 0 Å². The summed E-state index contributed by atoms with van der Waals surface area (Å²) in [5, 5.41) is 0. The first-order chi connectivity index (χ1) is 5.42. The second-order valence-corrected chi connectivity index (χ2v) is 3.06. The number of aryl methyl sites for hydroxylation is 1. The lowest BCUT2D eigenvalue weighted by Crippen LogP contribution is -2.09. The summed E-state index contributed by atoms with van der Waals surface area (Å²) < 4.78 is 2.26. The van der Waals surface area contributed by atoms with E-state index in [0.717, 1.165) is 13.0 Å². The van der Waals surface area contributed by atoms with E-state index in [4.69, 9.17) is 5.73 Å². The molecule has 0 saturated carbocycles. The summed E-state index contributed by atoms with van der Waals surface area (Å²) in [6, 6.07) is 0.623. The van der Waals surface area contributed by atoms with Gasteiger partial charge in [0.05, 0.1) is 6.33 Å². The Labute approximate surface area is 66.2 Å². The highest BCUT2D eigenvalue weighted by atomic mass is 15.1. The molecule has 0 aromatic carbocycles. The molecule has 0 bridgehead atoms. The Bertz CT molecular complexity index is 241. The molecule has 11 heavy (non-hydrogen) atoms. The number of fused-ring (bicyclic) bond motifs is 1. The van der Waals surface area contributed by atoms with Crippen molar-refractivity contribution in [3.05, 3.63) is 18.2 Å². The smallest absolute Gasteiger partial charge is 0.0950 e. The predicted octanol–water partition coefficient (Wildman–Crippen LogP) is 0.719. The minimum atomic E-state index is 0.623. The van der Waals surface area contributed by atoms with Gasteiger partial charge in [-0.3, -0.25) is 0 Å². The highest BCUT2D eigenvalue weighted by Crippen LogP contribution is 2.26. The van der Waals surface area contributed by atoms with E-state index < -0.39 is 0 Å². The maximum absolute atomic E-state index is 5.50. The van der Waals surface area contributed by atoms with Crippen molar-refractivity contribution in [1.29, 1.82) is 0 Å². The molecule has 2 heterocycles. The third kappa shape index (κ3) is 1.05. The Morgan fingerprint density at radius 2 is 2.64 bits per heavy atom. The van der Waals surface area contributed by atoms with E-state index >= 15 is 0 Å². The van der Waals surface area contributed by atoms with Gasteiger partial charge < -0.3 is 10.3 Å². The summed E-state index contributed by atoms with van der Waals surface area (Å²) in [6.07, 6.45) is 7.38. The molecule has 0 spiro atoms. The van der Waals surface area contributed by atoms with Gasteiger partial charge in [0, 0.05) is 17.9 Å². The number of rotatable bonds is 2. The lowest BCUT2D eigenvalue weighted by atomic mass is 10.1. The number of hydrogen-bond acceptors (Lipinski definition) is 2. The van der Waals surface area contributed by atoms with Gasteiger partial charge in [0.2, 0.25) is 0 Å². The third-order valence-corrected chi connectivity index (χ3v) is 2.37. The van der Waals surface area contributed by atoms with Crippen molar-refractivity contribution in [2.75, 3.05) is 6.54 Å². The summed E-state index contributed by atoms with van der Waals surface area (Å²) in [7, 11) is 0. The molecule has 3 heteroatoms. The van der Waals surface area contributed by atoms with E-state index in [9.17, 15) is 0 Å². The van der Waals surface area contributed by atoms with Crippen molar-refractivity contribution in [2.45, 2.75) is 25.3 Å². The van der Waals surface area contributed by atoms with Crippen molar-refractivity contribution < 1.29 is 0 Å². The highest BCUT2D eigenvalue weighted by Gasteiger charge is 2.19. The monoisotopic (exact) mass is 151 g/mol. The maximum atomic E-state index is 5.50. The lowest BCUT2D eigenvalue weighted by Gasteiger charge is -2.09. The first-order valence-corrected chi connectivity index (χ1v) is 4.12. The quantitative estimate of drug-likeness (QED) is 0.676. The van der Waals surface area contributed by atoms with Gasteiger partial charge in [-0.15, -0.1) is 0 Å². The van der Waals surface area contributed by atoms with E-state index in [1.807, 2.05) is 12.5 Å². The second-order valence-electron chi connectivity index (χ2n) is 3.06. The topological polar surface area (TPSA) is 43.8 Å². The van der Waals surface area contributed by atoms with Gasteiger partial charge in [-0.2, -0.15) is 0 Å². The first-order valence-electron chi connectivity index (χ1n) is 4.12. The molecule has 0 radical (unpaired) electrons. The van der Waals surface area contributed by atoms with Crippen LogP contribution in [0.1, 0.15) is 24.6 Å². The average molecular weight is 151 g/mol. The predicted molar refractivity (Wildman–Crippen MR) is 43.3 cm³/mol. The lowest BCUT2D eigenvalue weighted by molar-refractivity contribution is 0.493. The Hall–Kier alpha value is -0.830. The van der Waals surface area contributed by atoms with Crippen LogP contribution < -0.4 is 5.73 Å². The number of nitrogens with two attached hydrogens (primary N) is 1. The molecular formula is C8H13N3. The zero-order valence-electron chi connectivity index (χ0n) is 6.53. The van der Waals surface area contributed by atoms with Gasteiger partial charge in [-0.05, 0) is 25.8 Å². The Morgan fingerprint density at radius 1 is 1.73 bits per heavy atom. The number of nitrogens with zero attached hydrogens (tertiary/aromatic N) is 2. The Balaban J connectivity index is 2.18. The molecule has 0 amide bonds. The van der Waals surface area contributed by atoms with E-state index in [0.29, 0.717) is 6.04 Å². The van der Waals surface area contributed by atoms with Crippen molar-refractivity contribution in [2.24, 2.45) is 5.73 Å². The van der Waals surface area contributed by atoms with Crippen LogP contribution in [0.5, 0.6) is 0 Å². The zero-order valence-corrected chi connectivity index (χ0v) is 6.53. The second kappa shape index (κ2) is 2.66. The van der Waals surface area contributed by atoms with E-state index in [1.165, 1.54) is 18.5 Å². The first kappa shape index (κ1) is 6.85. The number of imidazole rings is 1. The molecular weight excluding hydrogens is 138 g/mol. The molecule has 1 aromatic heterocycles. The fourth-order valence-corrected chi connectivity index (χ4v) is 1.78. The van der Waals surface area contributed by atoms with Crippen LogP contribution in [0.15, 0.2) is 12.5 Å². The fraction of sp³-hybridized carbons (Fsp3) is 0.625. The Morgan fingerprint density at radius 3 is 3.45 bits per heavy atom. The van der Waals surface area contributed by atoms with Crippen LogP contribution in [0.25, 0.3) is 0 Å². The highest BCUT2D eigenvalue weighted by molar-refractivity contribution is 5.06. The van der Waals surface area contributed by atoms with E-state index in [1.54, 1.807) is 0 Å². The molecule has 0 fully saturated rings. The molecule has 1 unspecified atom stereocenters. The number of hydrogen-bond donors (Lipinski definition) is 1. The van der Waals surface area contributed by atoms with Gasteiger partial charge in [0.25, 0.3) is 0 Å². The molecule has 1 atom stereocenters. The molecule has 1 aliphatic rings. The molecule has 1 aromatic rings. The van der Waals surface area contributed by atoms with Crippen LogP contribution in [0, 0.1) is 0 Å². The van der Waals surface area contributed by atoms with Crippen LogP contribution in [0.4, 0.5) is 0 Å². The molecule has 3 nitrogen and oxygen atoms in total.